The topological polar surface area (TPSA) is 9.23 Å². The van der Waals surface area contributed by atoms with Gasteiger partial charge in [-0.1, -0.05) is 46.8 Å². The molecule has 0 spiro atoms. The van der Waals surface area contributed by atoms with Crippen molar-refractivity contribution in [3.63, 3.8) is 0 Å². The van der Waals surface area contributed by atoms with Crippen molar-refractivity contribution < 1.29 is 4.74 Å². The molecule has 17 heavy (non-hydrogen) atoms. The predicted molar refractivity (Wildman–Crippen MR) is 74.8 cm³/mol. The Kier molecular flexibility index (Phi) is 4.62. The largest absolute Gasteiger partial charge is 0.493 e. The molecule has 1 heteroatoms. The second-order valence-electron chi connectivity index (χ2n) is 6.36. The molecule has 0 heterocycles. The van der Waals surface area contributed by atoms with E-state index in [9.17, 15) is 0 Å². The third-order valence-electron chi connectivity index (χ3n) is 2.90. The second kappa shape index (κ2) is 5.57. The highest BCUT2D eigenvalue weighted by molar-refractivity contribution is 5.39. The van der Waals surface area contributed by atoms with Crippen molar-refractivity contribution in [1.29, 1.82) is 0 Å². The molecule has 0 unspecified atom stereocenters. The van der Waals surface area contributed by atoms with E-state index in [1.807, 2.05) is 0 Å². The molecule has 0 aliphatic heterocycles. The first-order chi connectivity index (χ1) is 7.79. The highest BCUT2D eigenvalue weighted by atomic mass is 16.5. The van der Waals surface area contributed by atoms with Crippen LogP contribution in [0.2, 0.25) is 0 Å². The van der Waals surface area contributed by atoms with E-state index < -0.39 is 0 Å². The first-order valence-electron chi connectivity index (χ1n) is 6.53. The van der Waals surface area contributed by atoms with Crippen molar-refractivity contribution in [3.8, 4) is 5.75 Å². The Morgan fingerprint density at radius 3 is 2.35 bits per heavy atom. The fourth-order valence-electron chi connectivity index (χ4n) is 1.71. The molecule has 0 radical (unpaired) electrons. The molecule has 1 rings (SSSR count). The van der Waals surface area contributed by atoms with Gasteiger partial charge in [0, 0.05) is 0 Å². The van der Waals surface area contributed by atoms with Crippen LogP contribution < -0.4 is 4.74 Å². The summed E-state index contributed by atoms with van der Waals surface area (Å²) in [6.07, 6.45) is 1.08. The van der Waals surface area contributed by atoms with Gasteiger partial charge in [0.15, 0.2) is 0 Å². The molecule has 0 saturated heterocycles. The summed E-state index contributed by atoms with van der Waals surface area (Å²) in [6, 6.07) is 6.50. The number of aryl methyl sites for hydroxylation is 1. The van der Waals surface area contributed by atoms with Crippen LogP contribution in [0.3, 0.4) is 0 Å². The highest BCUT2D eigenvalue weighted by Crippen LogP contribution is 2.28. The molecule has 0 aliphatic carbocycles. The van der Waals surface area contributed by atoms with Crippen molar-refractivity contribution in [2.24, 2.45) is 5.41 Å². The molecule has 1 aromatic rings. The molecule has 96 valence electrons. The molecule has 0 atom stereocenters. The van der Waals surface area contributed by atoms with Gasteiger partial charge >= 0.3 is 0 Å². The van der Waals surface area contributed by atoms with Gasteiger partial charge in [-0.3, -0.25) is 0 Å². The minimum absolute atomic E-state index is 0.335. The summed E-state index contributed by atoms with van der Waals surface area (Å²) in [7, 11) is 0. The maximum atomic E-state index is 5.96. The third-order valence-corrected chi connectivity index (χ3v) is 2.90. The summed E-state index contributed by atoms with van der Waals surface area (Å²) in [4.78, 5) is 0. The molecule has 1 aromatic carbocycles. The van der Waals surface area contributed by atoms with E-state index in [1.165, 1.54) is 11.1 Å². The average molecular weight is 234 g/mol. The average Bonchev–Trinajstić information content (AvgIpc) is 2.15. The standard InChI is InChI=1S/C16H26O/c1-12(2)14-8-7-13(3)11-15(14)17-10-9-16(4,5)6/h7-8,11-12H,9-10H2,1-6H3. The number of benzene rings is 1. The van der Waals surface area contributed by atoms with Crippen LogP contribution in [-0.2, 0) is 0 Å². The van der Waals surface area contributed by atoms with Crippen molar-refractivity contribution in [2.75, 3.05) is 6.61 Å². The summed E-state index contributed by atoms with van der Waals surface area (Å²) >= 11 is 0. The Morgan fingerprint density at radius 2 is 1.82 bits per heavy atom. The molecular weight excluding hydrogens is 208 g/mol. The monoisotopic (exact) mass is 234 g/mol. The zero-order valence-corrected chi connectivity index (χ0v) is 12.1. The molecule has 0 aromatic heterocycles. The van der Waals surface area contributed by atoms with Crippen molar-refractivity contribution in [2.45, 2.75) is 53.9 Å². The van der Waals surface area contributed by atoms with Crippen LogP contribution in [0.5, 0.6) is 5.75 Å². The first-order valence-corrected chi connectivity index (χ1v) is 6.53. The normalized spacial score (nSPS) is 11.9. The Labute approximate surface area is 106 Å². The van der Waals surface area contributed by atoms with Gasteiger partial charge < -0.3 is 4.74 Å². The SMILES string of the molecule is Cc1ccc(C(C)C)c(OCCC(C)(C)C)c1. The number of ether oxygens (including phenoxy) is 1. The van der Waals surface area contributed by atoms with Crippen LogP contribution >= 0.6 is 0 Å². The fourth-order valence-corrected chi connectivity index (χ4v) is 1.71. The Balaban J connectivity index is 2.72. The van der Waals surface area contributed by atoms with Gasteiger partial charge in [-0.05, 0) is 41.9 Å². The number of hydrogen-bond donors (Lipinski definition) is 0. The summed E-state index contributed by atoms with van der Waals surface area (Å²) < 4.78 is 5.96. The fraction of sp³-hybridized carbons (Fsp3) is 0.625. The van der Waals surface area contributed by atoms with Crippen LogP contribution in [-0.4, -0.2) is 6.61 Å². The Bertz CT molecular complexity index is 358. The van der Waals surface area contributed by atoms with Gasteiger partial charge in [-0.15, -0.1) is 0 Å². The smallest absolute Gasteiger partial charge is 0.122 e. The van der Waals surface area contributed by atoms with Crippen molar-refractivity contribution in [1.82, 2.24) is 0 Å². The van der Waals surface area contributed by atoms with E-state index in [0.29, 0.717) is 11.3 Å². The van der Waals surface area contributed by atoms with E-state index in [0.717, 1.165) is 18.8 Å². The van der Waals surface area contributed by atoms with E-state index in [2.05, 4.69) is 59.7 Å². The van der Waals surface area contributed by atoms with Crippen LogP contribution in [0.25, 0.3) is 0 Å². The number of rotatable bonds is 4. The molecule has 1 nitrogen and oxygen atoms in total. The molecule has 0 bridgehead atoms. The van der Waals surface area contributed by atoms with E-state index in [1.54, 1.807) is 0 Å². The van der Waals surface area contributed by atoms with Gasteiger partial charge in [0.25, 0.3) is 0 Å². The Morgan fingerprint density at radius 1 is 1.18 bits per heavy atom. The highest BCUT2D eigenvalue weighted by Gasteiger charge is 2.12. The zero-order chi connectivity index (χ0) is 13.1. The summed E-state index contributed by atoms with van der Waals surface area (Å²) in [5, 5.41) is 0. The first kappa shape index (κ1) is 14.1. The van der Waals surface area contributed by atoms with Crippen LogP contribution in [0.1, 0.15) is 58.1 Å². The van der Waals surface area contributed by atoms with Gasteiger partial charge in [-0.25, -0.2) is 0 Å². The lowest BCUT2D eigenvalue weighted by atomic mass is 9.93. The Hall–Kier alpha value is -0.980. The number of hydrogen-bond acceptors (Lipinski definition) is 1. The van der Waals surface area contributed by atoms with E-state index >= 15 is 0 Å². The van der Waals surface area contributed by atoms with Gasteiger partial charge in [0.05, 0.1) is 6.61 Å². The second-order valence-corrected chi connectivity index (χ2v) is 6.36. The van der Waals surface area contributed by atoms with Crippen molar-refractivity contribution in [3.05, 3.63) is 29.3 Å². The van der Waals surface area contributed by atoms with Gasteiger partial charge in [-0.2, -0.15) is 0 Å². The molecule has 0 aliphatic rings. The minimum Gasteiger partial charge on any atom is -0.493 e. The summed E-state index contributed by atoms with van der Waals surface area (Å²) in [6.45, 7) is 14.1. The molecule has 0 saturated carbocycles. The van der Waals surface area contributed by atoms with Crippen LogP contribution in [0.4, 0.5) is 0 Å². The molecule has 0 fully saturated rings. The summed E-state index contributed by atoms with van der Waals surface area (Å²) in [5.41, 5.74) is 2.91. The van der Waals surface area contributed by atoms with Crippen LogP contribution in [0.15, 0.2) is 18.2 Å². The third kappa shape index (κ3) is 4.80. The lowest BCUT2D eigenvalue weighted by Crippen LogP contribution is -2.12. The predicted octanol–water partition coefficient (Wildman–Crippen LogP) is 4.93. The molecule has 0 amide bonds. The maximum Gasteiger partial charge on any atom is 0.122 e. The van der Waals surface area contributed by atoms with Crippen molar-refractivity contribution >= 4 is 0 Å². The van der Waals surface area contributed by atoms with Gasteiger partial charge in [0.1, 0.15) is 5.75 Å². The lowest BCUT2D eigenvalue weighted by Gasteiger charge is -2.20. The quantitative estimate of drug-likeness (QED) is 0.717. The molecular formula is C16H26O. The summed E-state index contributed by atoms with van der Waals surface area (Å²) in [5.74, 6) is 1.57. The van der Waals surface area contributed by atoms with Crippen LogP contribution in [0, 0.1) is 12.3 Å². The van der Waals surface area contributed by atoms with E-state index in [4.69, 9.17) is 4.74 Å². The molecule has 0 N–H and O–H groups in total. The zero-order valence-electron chi connectivity index (χ0n) is 12.1. The van der Waals surface area contributed by atoms with Gasteiger partial charge in [0.2, 0.25) is 0 Å². The van der Waals surface area contributed by atoms with E-state index in [-0.39, 0.29) is 0 Å². The maximum absolute atomic E-state index is 5.96. The minimum atomic E-state index is 0.335. The lowest BCUT2D eigenvalue weighted by molar-refractivity contribution is 0.241.